The van der Waals surface area contributed by atoms with E-state index in [1.165, 1.54) is 12.0 Å². The van der Waals surface area contributed by atoms with Gasteiger partial charge in [0.15, 0.2) is 0 Å². The van der Waals surface area contributed by atoms with Gasteiger partial charge in [-0.2, -0.15) is 0 Å². The second-order valence-corrected chi connectivity index (χ2v) is 7.34. The maximum atomic E-state index is 6.21. The molecule has 2 aromatic carbocycles. The Morgan fingerprint density at radius 3 is 2.75 bits per heavy atom. The third-order valence-corrected chi connectivity index (χ3v) is 5.65. The molecule has 0 spiro atoms. The van der Waals surface area contributed by atoms with Crippen LogP contribution in [0.25, 0.3) is 0 Å². The Kier molecular flexibility index (Phi) is 3.12. The van der Waals surface area contributed by atoms with Gasteiger partial charge in [0.1, 0.15) is 5.84 Å². The Labute approximate surface area is 146 Å². The third-order valence-electron chi connectivity index (χ3n) is 5.41. The molecule has 0 aromatic heterocycles. The SMILES string of the molecule is CN1CC2CC1CN2C1=Nc2cc(Cl)ccc2Nc2ccccc21. The summed E-state index contributed by atoms with van der Waals surface area (Å²) in [7, 11) is 2.22. The summed E-state index contributed by atoms with van der Waals surface area (Å²) in [5.41, 5.74) is 4.18. The Bertz CT molecular complexity index is 845. The van der Waals surface area contributed by atoms with Crippen molar-refractivity contribution in [2.24, 2.45) is 4.99 Å². The quantitative estimate of drug-likeness (QED) is 0.791. The topological polar surface area (TPSA) is 30.9 Å². The van der Waals surface area contributed by atoms with E-state index in [1.807, 2.05) is 18.2 Å². The molecule has 2 unspecified atom stereocenters. The van der Waals surface area contributed by atoms with Gasteiger partial charge in [0.25, 0.3) is 0 Å². The summed E-state index contributed by atoms with van der Waals surface area (Å²) in [6.07, 6.45) is 1.23. The molecule has 3 heterocycles. The number of para-hydroxylation sites is 1. The van der Waals surface area contributed by atoms with Gasteiger partial charge in [0, 0.05) is 41.4 Å². The van der Waals surface area contributed by atoms with Gasteiger partial charge in [-0.3, -0.25) is 4.90 Å². The zero-order valence-electron chi connectivity index (χ0n) is 13.5. The number of anilines is 2. The van der Waals surface area contributed by atoms with Crippen molar-refractivity contribution in [2.75, 3.05) is 25.5 Å². The lowest BCUT2D eigenvalue weighted by molar-refractivity contribution is 0.210. The van der Waals surface area contributed by atoms with Gasteiger partial charge in [0.2, 0.25) is 0 Å². The summed E-state index contributed by atoms with van der Waals surface area (Å²) in [4.78, 5) is 10.00. The van der Waals surface area contributed by atoms with E-state index in [0.717, 1.165) is 36.0 Å². The van der Waals surface area contributed by atoms with E-state index >= 15 is 0 Å². The molecule has 5 heteroatoms. The molecule has 3 aliphatic rings. The van der Waals surface area contributed by atoms with Crippen LogP contribution in [-0.2, 0) is 0 Å². The van der Waals surface area contributed by atoms with Crippen LogP contribution in [0.3, 0.4) is 0 Å². The minimum atomic E-state index is 0.549. The van der Waals surface area contributed by atoms with Gasteiger partial charge in [-0.1, -0.05) is 23.7 Å². The molecule has 2 atom stereocenters. The predicted octanol–water partition coefficient (Wildman–Crippen LogP) is 3.86. The largest absolute Gasteiger partial charge is 0.353 e. The fraction of sp³-hybridized carbons (Fsp3) is 0.316. The number of hydrogen-bond donors (Lipinski definition) is 1. The fourth-order valence-electron chi connectivity index (χ4n) is 4.15. The highest BCUT2D eigenvalue weighted by atomic mass is 35.5. The number of likely N-dealkylation sites (N-methyl/N-ethyl adjacent to an activating group) is 1. The van der Waals surface area contributed by atoms with Gasteiger partial charge in [0.05, 0.1) is 11.4 Å². The highest BCUT2D eigenvalue weighted by Gasteiger charge is 2.43. The average molecular weight is 339 g/mol. The molecule has 3 aliphatic heterocycles. The molecule has 2 saturated heterocycles. The molecule has 4 nitrogen and oxygen atoms in total. The first-order chi connectivity index (χ1) is 11.7. The number of aliphatic imine (C=N–C) groups is 1. The lowest BCUT2D eigenvalue weighted by Gasteiger charge is -2.34. The monoisotopic (exact) mass is 338 g/mol. The van der Waals surface area contributed by atoms with Gasteiger partial charge in [-0.25, -0.2) is 4.99 Å². The summed E-state index contributed by atoms with van der Waals surface area (Å²) in [6.45, 7) is 2.16. The molecule has 24 heavy (non-hydrogen) atoms. The molecule has 0 aliphatic carbocycles. The zero-order chi connectivity index (χ0) is 16.3. The van der Waals surface area contributed by atoms with Crippen LogP contribution >= 0.6 is 11.6 Å². The van der Waals surface area contributed by atoms with Crippen molar-refractivity contribution in [3.05, 3.63) is 53.1 Å². The Hall–Kier alpha value is -2.04. The van der Waals surface area contributed by atoms with Crippen molar-refractivity contribution < 1.29 is 0 Å². The van der Waals surface area contributed by atoms with Crippen molar-refractivity contribution in [1.82, 2.24) is 9.80 Å². The first-order valence-electron chi connectivity index (χ1n) is 8.40. The molecule has 2 fully saturated rings. The highest BCUT2D eigenvalue weighted by Crippen LogP contribution is 2.39. The molecule has 0 radical (unpaired) electrons. The number of nitrogens with zero attached hydrogens (tertiary/aromatic N) is 3. The number of nitrogens with one attached hydrogen (secondary N) is 1. The van der Waals surface area contributed by atoms with E-state index in [-0.39, 0.29) is 0 Å². The number of benzene rings is 2. The van der Waals surface area contributed by atoms with E-state index < -0.39 is 0 Å². The first-order valence-corrected chi connectivity index (χ1v) is 8.78. The number of fused-ring (bicyclic) bond motifs is 4. The van der Waals surface area contributed by atoms with Gasteiger partial charge < -0.3 is 10.2 Å². The summed E-state index contributed by atoms with van der Waals surface area (Å²) in [6, 6.07) is 15.5. The second kappa shape index (κ2) is 5.23. The molecule has 0 saturated carbocycles. The van der Waals surface area contributed by atoms with Crippen LogP contribution in [-0.4, -0.2) is 47.9 Å². The molecular weight excluding hydrogens is 320 g/mol. The predicted molar refractivity (Wildman–Crippen MR) is 98.9 cm³/mol. The normalized spacial score (nSPS) is 24.9. The average Bonchev–Trinajstić information content (AvgIpc) is 3.10. The van der Waals surface area contributed by atoms with E-state index in [1.54, 1.807) is 0 Å². The minimum Gasteiger partial charge on any atom is -0.353 e. The van der Waals surface area contributed by atoms with Gasteiger partial charge in [-0.05, 0) is 43.8 Å². The van der Waals surface area contributed by atoms with Gasteiger partial charge in [-0.15, -0.1) is 0 Å². The summed E-state index contributed by atoms with van der Waals surface area (Å²) in [5, 5.41) is 4.24. The minimum absolute atomic E-state index is 0.549. The molecule has 2 bridgehead atoms. The van der Waals surface area contributed by atoms with E-state index in [2.05, 4.69) is 46.4 Å². The summed E-state index contributed by atoms with van der Waals surface area (Å²) in [5.74, 6) is 1.07. The number of halogens is 1. The molecule has 2 aromatic rings. The van der Waals surface area contributed by atoms with Crippen LogP contribution in [0.1, 0.15) is 12.0 Å². The lowest BCUT2D eigenvalue weighted by atomic mass is 10.1. The molecule has 1 N–H and O–H groups in total. The summed E-state index contributed by atoms with van der Waals surface area (Å²) < 4.78 is 0. The smallest absolute Gasteiger partial charge is 0.139 e. The standard InChI is InChI=1S/C19H19ClN4/c1-23-10-14-9-13(23)11-24(14)19-15-4-2-3-5-16(15)21-17-7-6-12(20)8-18(17)22-19/h2-8,13-14,21H,9-11H2,1H3. The van der Waals surface area contributed by atoms with E-state index in [9.17, 15) is 0 Å². The Morgan fingerprint density at radius 2 is 1.96 bits per heavy atom. The van der Waals surface area contributed by atoms with Crippen LogP contribution in [0.15, 0.2) is 47.5 Å². The molecule has 5 rings (SSSR count). The lowest BCUT2D eigenvalue weighted by Crippen LogP contribution is -2.47. The van der Waals surface area contributed by atoms with Crippen LogP contribution in [0.2, 0.25) is 5.02 Å². The second-order valence-electron chi connectivity index (χ2n) is 6.90. The summed E-state index contributed by atoms with van der Waals surface area (Å²) >= 11 is 6.21. The number of hydrogen-bond acceptors (Lipinski definition) is 4. The van der Waals surface area contributed by atoms with Crippen molar-refractivity contribution in [3.63, 3.8) is 0 Å². The third kappa shape index (κ3) is 2.14. The van der Waals surface area contributed by atoms with Gasteiger partial charge >= 0.3 is 0 Å². The van der Waals surface area contributed by atoms with Crippen LogP contribution in [0.5, 0.6) is 0 Å². The highest BCUT2D eigenvalue weighted by molar-refractivity contribution is 6.31. The van der Waals surface area contributed by atoms with Crippen molar-refractivity contribution in [2.45, 2.75) is 18.5 Å². The zero-order valence-corrected chi connectivity index (χ0v) is 14.3. The first kappa shape index (κ1) is 14.3. The van der Waals surface area contributed by atoms with Crippen LogP contribution < -0.4 is 5.32 Å². The molecule has 0 amide bonds. The van der Waals surface area contributed by atoms with Crippen molar-refractivity contribution >= 4 is 34.5 Å². The fourth-order valence-corrected chi connectivity index (χ4v) is 4.32. The van der Waals surface area contributed by atoms with Crippen LogP contribution in [0, 0.1) is 0 Å². The number of amidine groups is 1. The van der Waals surface area contributed by atoms with Crippen LogP contribution in [0.4, 0.5) is 17.1 Å². The maximum Gasteiger partial charge on any atom is 0.139 e. The number of rotatable bonds is 0. The molecule has 122 valence electrons. The van der Waals surface area contributed by atoms with E-state index in [0.29, 0.717) is 17.1 Å². The van der Waals surface area contributed by atoms with Crippen molar-refractivity contribution in [1.29, 1.82) is 0 Å². The number of piperazine rings is 1. The van der Waals surface area contributed by atoms with Crippen molar-refractivity contribution in [3.8, 4) is 0 Å². The Balaban J connectivity index is 1.66. The Morgan fingerprint density at radius 1 is 1.08 bits per heavy atom. The molecular formula is C19H19ClN4. The van der Waals surface area contributed by atoms with E-state index in [4.69, 9.17) is 16.6 Å². The maximum absolute atomic E-state index is 6.21. The number of likely N-dealkylation sites (tertiary alicyclic amines) is 2.